The van der Waals surface area contributed by atoms with Crippen LogP contribution in [0.3, 0.4) is 0 Å². The number of carbonyl (C=O) groups excluding carboxylic acids is 3. The second-order valence-corrected chi connectivity index (χ2v) is 10.7. The number of barbiturate groups is 1. The Morgan fingerprint density at radius 2 is 1.69 bits per heavy atom. The van der Waals surface area contributed by atoms with Gasteiger partial charge in [-0.15, -0.1) is 0 Å². The van der Waals surface area contributed by atoms with E-state index in [1.54, 1.807) is 0 Å². The van der Waals surface area contributed by atoms with Gasteiger partial charge in [0.15, 0.2) is 0 Å². The molecule has 2 fully saturated rings. The van der Waals surface area contributed by atoms with Gasteiger partial charge in [-0.05, 0) is 12.5 Å². The van der Waals surface area contributed by atoms with Crippen LogP contribution >= 0.6 is 0 Å². The van der Waals surface area contributed by atoms with Crippen molar-refractivity contribution >= 4 is 25.9 Å². The summed E-state index contributed by atoms with van der Waals surface area (Å²) in [5, 5.41) is 4.44. The molecule has 88 valence electrons. The summed E-state index contributed by atoms with van der Waals surface area (Å²) < 4.78 is 0. The molecule has 6 heteroatoms. The molecular weight excluding hydrogens is 224 g/mol. The number of hydrogen-bond donors (Lipinski definition) is 2. The maximum Gasteiger partial charge on any atom is 0.328 e. The molecule has 0 aromatic rings. The SMILES string of the molecule is C[Si]1(C)CCCC2(C1)C(=O)NC(=O)NC2=O. The molecule has 5 nitrogen and oxygen atoms in total. The van der Waals surface area contributed by atoms with E-state index in [2.05, 4.69) is 23.7 Å². The first-order valence-corrected chi connectivity index (χ1v) is 8.94. The van der Waals surface area contributed by atoms with E-state index in [0.29, 0.717) is 12.5 Å². The molecule has 4 amide bonds. The smallest absolute Gasteiger partial charge is 0.277 e. The Bertz CT molecular complexity index is 358. The number of hydrogen-bond acceptors (Lipinski definition) is 3. The summed E-state index contributed by atoms with van der Waals surface area (Å²) in [6, 6.07) is 1.10. The van der Waals surface area contributed by atoms with Crippen LogP contribution in [-0.2, 0) is 9.59 Å². The molecule has 0 unspecified atom stereocenters. The molecule has 2 saturated heterocycles. The number of carbonyl (C=O) groups is 3. The lowest BCUT2D eigenvalue weighted by atomic mass is 9.81. The van der Waals surface area contributed by atoms with Gasteiger partial charge in [0.1, 0.15) is 5.41 Å². The molecule has 0 radical (unpaired) electrons. The number of amides is 4. The molecule has 0 bridgehead atoms. The molecule has 0 atom stereocenters. The van der Waals surface area contributed by atoms with Crippen LogP contribution in [0.25, 0.3) is 0 Å². The zero-order valence-corrected chi connectivity index (χ0v) is 10.6. The van der Waals surface area contributed by atoms with Gasteiger partial charge in [0.05, 0.1) is 0 Å². The van der Waals surface area contributed by atoms with E-state index < -0.39 is 31.3 Å². The van der Waals surface area contributed by atoms with E-state index in [9.17, 15) is 14.4 Å². The third-order valence-corrected chi connectivity index (χ3v) is 6.83. The van der Waals surface area contributed by atoms with E-state index in [1.807, 2.05) is 0 Å². The predicted octanol–water partition coefficient (Wildman–Crippen LogP) is 0.841. The van der Waals surface area contributed by atoms with Crippen LogP contribution in [0.5, 0.6) is 0 Å². The van der Waals surface area contributed by atoms with Gasteiger partial charge in [0.2, 0.25) is 11.8 Å². The molecular formula is C10H16N2O3Si. The lowest BCUT2D eigenvalue weighted by Crippen LogP contribution is -2.65. The fourth-order valence-electron chi connectivity index (χ4n) is 2.83. The first kappa shape index (κ1) is 11.3. The summed E-state index contributed by atoms with van der Waals surface area (Å²) in [7, 11) is -1.49. The number of nitrogens with one attached hydrogen (secondary N) is 2. The van der Waals surface area contributed by atoms with Crippen molar-refractivity contribution in [2.45, 2.75) is 38.0 Å². The van der Waals surface area contributed by atoms with Crippen molar-refractivity contribution in [3.05, 3.63) is 0 Å². The third kappa shape index (κ3) is 1.66. The quantitative estimate of drug-likeness (QED) is 0.486. The highest BCUT2D eigenvalue weighted by molar-refractivity contribution is 6.78. The van der Waals surface area contributed by atoms with Gasteiger partial charge in [-0.3, -0.25) is 20.2 Å². The molecule has 0 saturated carbocycles. The van der Waals surface area contributed by atoms with Crippen LogP contribution in [0.4, 0.5) is 4.79 Å². The Labute approximate surface area is 95.0 Å². The Morgan fingerprint density at radius 1 is 1.12 bits per heavy atom. The average Bonchev–Trinajstić information content (AvgIpc) is 2.13. The standard InChI is InChI=1S/C10H16N2O3Si/c1-16(2)5-3-4-10(6-16)7(13)11-9(15)12-8(10)14/h3-6H2,1-2H3,(H2,11,12,13,14,15). The fourth-order valence-corrected chi connectivity index (χ4v) is 6.27. The molecule has 2 N–H and O–H groups in total. The molecule has 2 rings (SSSR count). The molecule has 0 aromatic carbocycles. The highest BCUT2D eigenvalue weighted by Crippen LogP contribution is 2.43. The number of rotatable bonds is 0. The largest absolute Gasteiger partial charge is 0.328 e. The van der Waals surface area contributed by atoms with Crippen LogP contribution in [0.2, 0.25) is 25.2 Å². The zero-order valence-electron chi connectivity index (χ0n) is 9.55. The Balaban J connectivity index is 2.32. The van der Waals surface area contributed by atoms with Crippen LogP contribution in [0, 0.1) is 5.41 Å². The maximum absolute atomic E-state index is 11.9. The lowest BCUT2D eigenvalue weighted by Gasteiger charge is -2.42. The molecule has 2 heterocycles. The van der Waals surface area contributed by atoms with Gasteiger partial charge in [-0.2, -0.15) is 0 Å². The van der Waals surface area contributed by atoms with Crippen LogP contribution in [-0.4, -0.2) is 25.9 Å². The topological polar surface area (TPSA) is 75.3 Å². The molecule has 0 aliphatic carbocycles. The van der Waals surface area contributed by atoms with Crippen molar-refractivity contribution in [1.82, 2.24) is 10.6 Å². The van der Waals surface area contributed by atoms with E-state index in [-0.39, 0.29) is 0 Å². The van der Waals surface area contributed by atoms with Crippen molar-refractivity contribution in [2.75, 3.05) is 0 Å². The van der Waals surface area contributed by atoms with Gasteiger partial charge in [-0.1, -0.05) is 25.6 Å². The summed E-state index contributed by atoms with van der Waals surface area (Å²) in [5.41, 5.74) is -0.970. The minimum Gasteiger partial charge on any atom is -0.277 e. The molecule has 2 aliphatic rings. The van der Waals surface area contributed by atoms with Crippen LogP contribution < -0.4 is 10.6 Å². The van der Waals surface area contributed by atoms with Crippen molar-refractivity contribution in [3.8, 4) is 0 Å². The van der Waals surface area contributed by atoms with Gasteiger partial charge in [0.25, 0.3) is 0 Å². The van der Waals surface area contributed by atoms with Gasteiger partial charge >= 0.3 is 6.03 Å². The van der Waals surface area contributed by atoms with Gasteiger partial charge in [0, 0.05) is 8.07 Å². The molecule has 1 spiro atoms. The van der Waals surface area contributed by atoms with Crippen molar-refractivity contribution in [2.24, 2.45) is 5.41 Å². The molecule has 0 aromatic heterocycles. The number of urea groups is 1. The van der Waals surface area contributed by atoms with E-state index in [0.717, 1.165) is 12.5 Å². The van der Waals surface area contributed by atoms with E-state index in [1.165, 1.54) is 0 Å². The van der Waals surface area contributed by atoms with Crippen molar-refractivity contribution in [3.63, 3.8) is 0 Å². The fraction of sp³-hybridized carbons (Fsp3) is 0.700. The maximum atomic E-state index is 11.9. The highest BCUT2D eigenvalue weighted by Gasteiger charge is 2.54. The van der Waals surface area contributed by atoms with Crippen molar-refractivity contribution < 1.29 is 14.4 Å². The minimum absolute atomic E-state index is 0.401. The first-order valence-electron chi connectivity index (χ1n) is 5.53. The van der Waals surface area contributed by atoms with Gasteiger partial charge in [-0.25, -0.2) is 4.79 Å². The van der Waals surface area contributed by atoms with E-state index >= 15 is 0 Å². The number of imide groups is 2. The third-order valence-electron chi connectivity index (χ3n) is 3.56. The summed E-state index contributed by atoms with van der Waals surface area (Å²) >= 11 is 0. The molecule has 16 heavy (non-hydrogen) atoms. The second-order valence-electron chi connectivity index (χ2n) is 5.51. The Kier molecular flexibility index (Phi) is 2.41. The normalized spacial score (nSPS) is 27.5. The van der Waals surface area contributed by atoms with Crippen LogP contribution in [0.1, 0.15) is 12.8 Å². The minimum atomic E-state index is -1.49. The van der Waals surface area contributed by atoms with Gasteiger partial charge < -0.3 is 0 Å². The van der Waals surface area contributed by atoms with E-state index in [4.69, 9.17) is 0 Å². The summed E-state index contributed by atoms with van der Waals surface area (Å²) in [5.74, 6) is -0.803. The Hall–Kier alpha value is -1.17. The summed E-state index contributed by atoms with van der Waals surface area (Å²) in [6.07, 6.45) is 1.46. The average molecular weight is 240 g/mol. The predicted molar refractivity (Wildman–Crippen MR) is 60.4 cm³/mol. The summed E-state index contributed by atoms with van der Waals surface area (Å²) in [4.78, 5) is 34.8. The van der Waals surface area contributed by atoms with Crippen molar-refractivity contribution in [1.29, 1.82) is 0 Å². The Morgan fingerprint density at radius 3 is 2.19 bits per heavy atom. The molecule has 2 aliphatic heterocycles. The first-order chi connectivity index (χ1) is 7.36. The van der Waals surface area contributed by atoms with Crippen LogP contribution in [0.15, 0.2) is 0 Å². The highest BCUT2D eigenvalue weighted by atomic mass is 28.3. The monoisotopic (exact) mass is 240 g/mol. The lowest BCUT2D eigenvalue weighted by molar-refractivity contribution is -0.144. The second kappa shape index (κ2) is 3.41. The summed E-state index contributed by atoms with van der Waals surface area (Å²) in [6.45, 7) is 4.37. The zero-order chi connectivity index (χ0) is 12.0.